The second kappa shape index (κ2) is 3.62. The molecule has 16 heavy (non-hydrogen) atoms. The summed E-state index contributed by atoms with van der Waals surface area (Å²) in [5.41, 5.74) is 4.50. The van der Waals surface area contributed by atoms with Gasteiger partial charge in [0.15, 0.2) is 5.78 Å². The number of rotatable bonds is 0. The molecule has 0 aromatic heterocycles. The van der Waals surface area contributed by atoms with E-state index in [1.54, 1.807) is 6.08 Å². The standard InChI is InChI=1S/C14H18O2/c1-9-4-11(8-15)13(16)5-10-6-14(2,3)7-12(9)10/h5,8,15H,4,6-7H2,1-3H3/b11-8-. The lowest BCUT2D eigenvalue weighted by Crippen LogP contribution is -2.04. The van der Waals surface area contributed by atoms with Gasteiger partial charge in [0.05, 0.1) is 6.26 Å². The average molecular weight is 218 g/mol. The molecule has 0 unspecified atom stereocenters. The number of allylic oxidation sites excluding steroid dienone is 5. The zero-order valence-corrected chi connectivity index (χ0v) is 10.1. The molecule has 1 saturated carbocycles. The second-order valence-electron chi connectivity index (χ2n) is 5.64. The van der Waals surface area contributed by atoms with Gasteiger partial charge in [0.25, 0.3) is 0 Å². The maximum atomic E-state index is 11.8. The van der Waals surface area contributed by atoms with Crippen molar-refractivity contribution in [1.29, 1.82) is 0 Å². The molecular formula is C14H18O2. The van der Waals surface area contributed by atoms with E-state index in [-0.39, 0.29) is 11.2 Å². The monoisotopic (exact) mass is 218 g/mol. The molecule has 1 fully saturated rings. The molecule has 2 aliphatic rings. The van der Waals surface area contributed by atoms with Gasteiger partial charge in [-0.2, -0.15) is 0 Å². The molecule has 2 rings (SSSR count). The van der Waals surface area contributed by atoms with Crippen LogP contribution in [0, 0.1) is 5.41 Å². The van der Waals surface area contributed by atoms with Gasteiger partial charge in [-0.05, 0) is 42.4 Å². The molecule has 0 spiro atoms. The molecule has 2 nitrogen and oxygen atoms in total. The Balaban J connectivity index is 2.47. The fourth-order valence-electron chi connectivity index (χ4n) is 2.68. The first kappa shape index (κ1) is 11.2. The average Bonchev–Trinajstić information content (AvgIpc) is 2.44. The Kier molecular flexibility index (Phi) is 2.53. The van der Waals surface area contributed by atoms with Crippen molar-refractivity contribution >= 4 is 5.78 Å². The lowest BCUT2D eigenvalue weighted by atomic mass is 9.90. The van der Waals surface area contributed by atoms with E-state index in [1.165, 1.54) is 16.7 Å². The van der Waals surface area contributed by atoms with Gasteiger partial charge in [0.2, 0.25) is 0 Å². The number of aliphatic hydroxyl groups excluding tert-OH is 1. The zero-order valence-electron chi connectivity index (χ0n) is 10.1. The normalized spacial score (nSPS) is 26.8. The summed E-state index contributed by atoms with van der Waals surface area (Å²) in [6.07, 6.45) is 5.25. The maximum absolute atomic E-state index is 11.8. The smallest absolute Gasteiger partial charge is 0.185 e. The predicted octanol–water partition coefficient (Wildman–Crippen LogP) is 3.46. The molecule has 2 heteroatoms. The number of hydrogen-bond acceptors (Lipinski definition) is 2. The molecule has 2 aliphatic carbocycles. The zero-order chi connectivity index (χ0) is 11.9. The van der Waals surface area contributed by atoms with Crippen LogP contribution in [0.5, 0.6) is 0 Å². The Labute approximate surface area is 96.4 Å². The van der Waals surface area contributed by atoms with Crippen molar-refractivity contribution in [2.75, 3.05) is 0 Å². The topological polar surface area (TPSA) is 37.3 Å². The molecule has 0 atom stereocenters. The van der Waals surface area contributed by atoms with Gasteiger partial charge in [-0.1, -0.05) is 19.4 Å². The van der Waals surface area contributed by atoms with E-state index in [9.17, 15) is 4.79 Å². The van der Waals surface area contributed by atoms with Gasteiger partial charge in [0.1, 0.15) is 0 Å². The van der Waals surface area contributed by atoms with Gasteiger partial charge in [-0.25, -0.2) is 0 Å². The molecule has 0 radical (unpaired) electrons. The summed E-state index contributed by atoms with van der Waals surface area (Å²) in [4.78, 5) is 11.8. The molecule has 0 aromatic rings. The molecule has 0 saturated heterocycles. The van der Waals surface area contributed by atoms with Crippen LogP contribution in [0.25, 0.3) is 0 Å². The highest BCUT2D eigenvalue weighted by molar-refractivity contribution is 6.05. The Bertz CT molecular complexity index is 434. The third-order valence-electron chi connectivity index (χ3n) is 3.46. The van der Waals surface area contributed by atoms with E-state index in [0.717, 1.165) is 19.1 Å². The summed E-state index contributed by atoms with van der Waals surface area (Å²) in [5.74, 6) is -0.0375. The number of hydrogen-bond donors (Lipinski definition) is 1. The van der Waals surface area contributed by atoms with Crippen molar-refractivity contribution in [2.45, 2.75) is 40.0 Å². The fraction of sp³-hybridized carbons (Fsp3) is 0.500. The summed E-state index contributed by atoms with van der Waals surface area (Å²) in [6, 6.07) is 0. The minimum atomic E-state index is -0.0375. The first-order chi connectivity index (χ1) is 7.43. The van der Waals surface area contributed by atoms with E-state index < -0.39 is 0 Å². The molecule has 0 bridgehead atoms. The van der Waals surface area contributed by atoms with Crippen molar-refractivity contribution in [3.05, 3.63) is 34.6 Å². The molecule has 86 valence electrons. The number of aliphatic hydroxyl groups is 1. The van der Waals surface area contributed by atoms with Crippen LogP contribution in [-0.4, -0.2) is 10.9 Å². The van der Waals surface area contributed by atoms with Crippen LogP contribution in [-0.2, 0) is 4.79 Å². The highest BCUT2D eigenvalue weighted by Crippen LogP contribution is 2.47. The number of ketones is 1. The quantitative estimate of drug-likeness (QED) is 0.499. The van der Waals surface area contributed by atoms with E-state index in [1.807, 2.05) is 0 Å². The molecule has 0 aromatic carbocycles. The van der Waals surface area contributed by atoms with Crippen molar-refractivity contribution in [3.8, 4) is 0 Å². The predicted molar refractivity (Wildman–Crippen MR) is 64.1 cm³/mol. The van der Waals surface area contributed by atoms with Gasteiger partial charge in [-0.3, -0.25) is 4.79 Å². The van der Waals surface area contributed by atoms with Crippen molar-refractivity contribution in [3.63, 3.8) is 0 Å². The molecular weight excluding hydrogens is 200 g/mol. The van der Waals surface area contributed by atoms with Crippen molar-refractivity contribution in [1.82, 2.24) is 0 Å². The number of carbonyl (C=O) groups excluding carboxylic acids is 1. The van der Waals surface area contributed by atoms with Crippen LogP contribution in [0.3, 0.4) is 0 Å². The largest absolute Gasteiger partial charge is 0.515 e. The van der Waals surface area contributed by atoms with Crippen LogP contribution in [0.15, 0.2) is 34.6 Å². The van der Waals surface area contributed by atoms with E-state index >= 15 is 0 Å². The molecule has 1 N–H and O–H groups in total. The van der Waals surface area contributed by atoms with Crippen LogP contribution >= 0.6 is 0 Å². The van der Waals surface area contributed by atoms with Gasteiger partial charge < -0.3 is 5.11 Å². The van der Waals surface area contributed by atoms with Gasteiger partial charge in [-0.15, -0.1) is 0 Å². The summed E-state index contributed by atoms with van der Waals surface area (Å²) < 4.78 is 0. The fourth-order valence-corrected chi connectivity index (χ4v) is 2.68. The van der Waals surface area contributed by atoms with Crippen LogP contribution in [0.2, 0.25) is 0 Å². The van der Waals surface area contributed by atoms with E-state index in [4.69, 9.17) is 5.11 Å². The lowest BCUT2D eigenvalue weighted by Gasteiger charge is -2.15. The second-order valence-corrected chi connectivity index (χ2v) is 5.64. The minimum Gasteiger partial charge on any atom is -0.515 e. The summed E-state index contributed by atoms with van der Waals surface area (Å²) >= 11 is 0. The maximum Gasteiger partial charge on any atom is 0.185 e. The molecule has 0 aliphatic heterocycles. The molecule has 0 amide bonds. The van der Waals surface area contributed by atoms with Crippen molar-refractivity contribution in [2.24, 2.45) is 5.41 Å². The van der Waals surface area contributed by atoms with Crippen LogP contribution < -0.4 is 0 Å². The van der Waals surface area contributed by atoms with Gasteiger partial charge >= 0.3 is 0 Å². The highest BCUT2D eigenvalue weighted by Gasteiger charge is 2.33. The number of carbonyl (C=O) groups is 1. The lowest BCUT2D eigenvalue weighted by molar-refractivity contribution is -0.111. The Hall–Kier alpha value is -1.31. The highest BCUT2D eigenvalue weighted by atomic mass is 16.2. The van der Waals surface area contributed by atoms with E-state index in [2.05, 4.69) is 20.8 Å². The van der Waals surface area contributed by atoms with Crippen LogP contribution in [0.4, 0.5) is 0 Å². The Morgan fingerprint density at radius 3 is 2.69 bits per heavy atom. The van der Waals surface area contributed by atoms with Gasteiger partial charge in [0, 0.05) is 12.0 Å². The third-order valence-corrected chi connectivity index (χ3v) is 3.46. The van der Waals surface area contributed by atoms with E-state index in [0.29, 0.717) is 12.0 Å². The minimum absolute atomic E-state index is 0.0375. The SMILES string of the molecule is CC1=C2CC(C)(C)CC2=CC(=O)/C(=C\O)C1. The van der Waals surface area contributed by atoms with Crippen LogP contribution in [0.1, 0.15) is 40.0 Å². The first-order valence-corrected chi connectivity index (χ1v) is 5.70. The summed E-state index contributed by atoms with van der Waals surface area (Å²) in [6.45, 7) is 6.53. The third kappa shape index (κ3) is 1.84. The summed E-state index contributed by atoms with van der Waals surface area (Å²) in [7, 11) is 0. The molecule has 0 heterocycles. The Morgan fingerprint density at radius 2 is 2.06 bits per heavy atom. The number of fused-ring (bicyclic) bond motifs is 1. The Morgan fingerprint density at radius 1 is 1.38 bits per heavy atom. The van der Waals surface area contributed by atoms with Crippen molar-refractivity contribution < 1.29 is 9.90 Å². The summed E-state index contributed by atoms with van der Waals surface area (Å²) in [5, 5.41) is 9.04. The first-order valence-electron chi connectivity index (χ1n) is 5.70.